The number of pyridine rings is 2. The summed E-state index contributed by atoms with van der Waals surface area (Å²) in [6.45, 7) is 1.78. The molecule has 1 aliphatic carbocycles. The second kappa shape index (κ2) is 10.8. The summed E-state index contributed by atoms with van der Waals surface area (Å²) in [5.74, 6) is 0. The normalized spacial score (nSPS) is 19.5. The van der Waals surface area contributed by atoms with Crippen LogP contribution in [-0.2, 0) is 17.6 Å². The van der Waals surface area contributed by atoms with Gasteiger partial charge in [0.2, 0.25) is 0 Å². The first-order chi connectivity index (χ1) is 19.3. The lowest BCUT2D eigenvalue weighted by Crippen LogP contribution is -2.43. The first-order valence-corrected chi connectivity index (χ1v) is 14.2. The molecule has 0 saturated carbocycles. The molecule has 2 atom stereocenters. The van der Waals surface area contributed by atoms with Crippen LogP contribution >= 0.6 is 0 Å². The number of aromatic amines is 1. The minimum absolute atomic E-state index is 0.514. The van der Waals surface area contributed by atoms with Gasteiger partial charge in [0.05, 0.1) is 12.3 Å². The highest BCUT2D eigenvalue weighted by Gasteiger charge is 2.21. The average Bonchev–Trinajstić information content (AvgIpc) is 3.32. The van der Waals surface area contributed by atoms with E-state index in [1.54, 1.807) is 0 Å². The number of aromatic nitrogens is 3. The van der Waals surface area contributed by atoms with E-state index < -0.39 is 0 Å². The van der Waals surface area contributed by atoms with Gasteiger partial charge in [0.15, 0.2) is 0 Å². The lowest BCUT2D eigenvalue weighted by atomic mass is 9.96. The van der Waals surface area contributed by atoms with Gasteiger partial charge >= 0.3 is 0 Å². The third-order valence-corrected chi connectivity index (χ3v) is 8.38. The van der Waals surface area contributed by atoms with Crippen LogP contribution in [0.5, 0.6) is 0 Å². The van der Waals surface area contributed by atoms with Gasteiger partial charge in [-0.1, -0.05) is 48.5 Å². The zero-order chi connectivity index (χ0) is 26.0. The molecule has 196 valence electrons. The van der Waals surface area contributed by atoms with Crippen LogP contribution in [0.4, 0.5) is 0 Å². The highest BCUT2D eigenvalue weighted by Crippen LogP contribution is 2.33. The number of nitrogens with one attached hydrogen (secondary N) is 2. The lowest BCUT2D eigenvalue weighted by Gasteiger charge is -2.28. The van der Waals surface area contributed by atoms with Crippen molar-refractivity contribution in [1.29, 1.82) is 0 Å². The molecule has 1 fully saturated rings. The molecule has 1 aliphatic heterocycles. The first-order valence-electron chi connectivity index (χ1n) is 14.2. The summed E-state index contributed by atoms with van der Waals surface area (Å²) in [5, 5.41) is 5.03. The molecular formula is C34H34N4O. The van der Waals surface area contributed by atoms with E-state index in [0.29, 0.717) is 12.1 Å². The second-order valence-corrected chi connectivity index (χ2v) is 11.0. The smallest absolute Gasteiger partial charge is 0.137 e. The Balaban J connectivity index is 1.12. The highest BCUT2D eigenvalue weighted by atomic mass is 16.5. The van der Waals surface area contributed by atoms with Crippen LogP contribution in [0.1, 0.15) is 36.8 Å². The minimum Gasteiger partial charge on any atom is -0.380 e. The monoisotopic (exact) mass is 514 g/mol. The third-order valence-electron chi connectivity index (χ3n) is 8.38. The number of fused-ring (bicyclic) bond motifs is 2. The Hall–Kier alpha value is -3.80. The van der Waals surface area contributed by atoms with Gasteiger partial charge in [0.25, 0.3) is 0 Å². The van der Waals surface area contributed by atoms with E-state index in [1.165, 1.54) is 53.5 Å². The van der Waals surface area contributed by atoms with Crippen LogP contribution < -0.4 is 5.32 Å². The van der Waals surface area contributed by atoms with E-state index in [4.69, 9.17) is 9.72 Å². The predicted molar refractivity (Wildman–Crippen MR) is 158 cm³/mol. The molecule has 4 heterocycles. The maximum atomic E-state index is 5.69. The molecule has 5 aromatic rings. The van der Waals surface area contributed by atoms with Crippen molar-refractivity contribution in [3.05, 3.63) is 96.4 Å². The quantitative estimate of drug-likeness (QED) is 0.249. The van der Waals surface area contributed by atoms with E-state index in [9.17, 15) is 0 Å². The Morgan fingerprint density at radius 1 is 0.769 bits per heavy atom. The number of hydrogen-bond acceptors (Lipinski definition) is 4. The first kappa shape index (κ1) is 24.3. The molecular weight excluding hydrogens is 480 g/mol. The van der Waals surface area contributed by atoms with Crippen LogP contribution in [0.2, 0.25) is 0 Å². The summed E-state index contributed by atoms with van der Waals surface area (Å²) in [4.78, 5) is 12.6. The fraction of sp³-hybridized carbons (Fsp3) is 0.294. The van der Waals surface area contributed by atoms with E-state index in [0.717, 1.165) is 53.9 Å². The fourth-order valence-electron chi connectivity index (χ4n) is 6.21. The Morgan fingerprint density at radius 2 is 1.62 bits per heavy atom. The molecule has 39 heavy (non-hydrogen) atoms. The standard InChI is InChI=1S/C34H34N4O/c1-2-16-35-33(5-1)25-9-7-24(8-10-25)32-21-37-34-31(32)19-28(20-36-34)27-11-6-23-12-14-29(15-13-26(23)18-27)38-30-4-3-17-39-22-30/h1-2,5-11,16,18-21,29-30,38H,3-4,12-15,17,22H2,(H,36,37)/t29-,30?/m0/s1. The number of hydrogen-bond donors (Lipinski definition) is 2. The van der Waals surface area contributed by atoms with Crippen molar-refractivity contribution in [1.82, 2.24) is 20.3 Å². The SMILES string of the molecule is c1ccc(-c2ccc(-c3c[nH]c4ncc(-c5ccc6c(c5)CC[C@@H](NC5CCCOC5)CC6)cc34)cc2)nc1. The van der Waals surface area contributed by atoms with Crippen LogP contribution in [0, 0.1) is 0 Å². The molecule has 3 aromatic heterocycles. The van der Waals surface area contributed by atoms with Crippen molar-refractivity contribution in [2.24, 2.45) is 0 Å². The summed E-state index contributed by atoms with van der Waals surface area (Å²) in [7, 11) is 0. The van der Waals surface area contributed by atoms with Crippen LogP contribution in [-0.4, -0.2) is 40.2 Å². The second-order valence-electron chi connectivity index (χ2n) is 11.0. The number of rotatable bonds is 5. The summed E-state index contributed by atoms with van der Waals surface area (Å²) in [5.41, 5.74) is 10.7. The Bertz CT molecular complexity index is 1570. The van der Waals surface area contributed by atoms with Gasteiger partial charge in [-0.3, -0.25) is 4.98 Å². The van der Waals surface area contributed by atoms with Crippen LogP contribution in [0.15, 0.2) is 85.3 Å². The molecule has 1 unspecified atom stereocenters. The maximum Gasteiger partial charge on any atom is 0.137 e. The molecule has 0 spiro atoms. The molecule has 7 rings (SSSR count). The van der Waals surface area contributed by atoms with Crippen molar-refractivity contribution < 1.29 is 4.74 Å². The van der Waals surface area contributed by atoms with Crippen molar-refractivity contribution >= 4 is 11.0 Å². The number of nitrogens with zero attached hydrogens (tertiary/aromatic N) is 2. The number of benzene rings is 2. The minimum atomic E-state index is 0.514. The largest absolute Gasteiger partial charge is 0.380 e. The van der Waals surface area contributed by atoms with E-state index in [2.05, 4.69) is 70.0 Å². The third kappa shape index (κ3) is 5.12. The molecule has 5 nitrogen and oxygen atoms in total. The molecule has 2 N–H and O–H groups in total. The van der Waals surface area contributed by atoms with Gasteiger partial charge in [-0.05, 0) is 79.0 Å². The zero-order valence-electron chi connectivity index (χ0n) is 22.2. The van der Waals surface area contributed by atoms with Crippen molar-refractivity contribution in [3.63, 3.8) is 0 Å². The predicted octanol–water partition coefficient (Wildman–Crippen LogP) is 6.97. The average molecular weight is 515 g/mol. The topological polar surface area (TPSA) is 62.8 Å². The number of ether oxygens (including phenoxy) is 1. The van der Waals surface area contributed by atoms with Crippen LogP contribution in [0.3, 0.4) is 0 Å². The van der Waals surface area contributed by atoms with Crippen molar-refractivity contribution in [3.8, 4) is 33.5 Å². The van der Waals surface area contributed by atoms with Gasteiger partial charge < -0.3 is 15.0 Å². The summed E-state index contributed by atoms with van der Waals surface area (Å²) >= 11 is 0. The highest BCUT2D eigenvalue weighted by molar-refractivity contribution is 5.96. The Morgan fingerprint density at radius 3 is 2.44 bits per heavy atom. The Labute approximate surface area is 229 Å². The molecule has 2 aromatic carbocycles. The molecule has 2 aliphatic rings. The van der Waals surface area contributed by atoms with Gasteiger partial charge in [-0.2, -0.15) is 0 Å². The summed E-state index contributed by atoms with van der Waals surface area (Å²) in [6.07, 6.45) is 12.9. The fourth-order valence-corrected chi connectivity index (χ4v) is 6.21. The number of H-pyrrole nitrogens is 1. The lowest BCUT2D eigenvalue weighted by molar-refractivity contribution is 0.0656. The summed E-state index contributed by atoms with van der Waals surface area (Å²) < 4.78 is 5.69. The maximum absolute atomic E-state index is 5.69. The van der Waals surface area contributed by atoms with Crippen molar-refractivity contribution in [2.45, 2.75) is 50.6 Å². The van der Waals surface area contributed by atoms with E-state index in [-0.39, 0.29) is 0 Å². The summed E-state index contributed by atoms with van der Waals surface area (Å²) in [6, 6.07) is 25.0. The van der Waals surface area contributed by atoms with Crippen molar-refractivity contribution in [2.75, 3.05) is 13.2 Å². The molecule has 0 amide bonds. The Kier molecular flexibility index (Phi) is 6.69. The van der Waals surface area contributed by atoms with Gasteiger partial charge in [0.1, 0.15) is 5.65 Å². The number of aryl methyl sites for hydroxylation is 2. The van der Waals surface area contributed by atoms with Crippen LogP contribution in [0.25, 0.3) is 44.5 Å². The van der Waals surface area contributed by atoms with Gasteiger partial charge in [-0.15, -0.1) is 0 Å². The van der Waals surface area contributed by atoms with E-state index >= 15 is 0 Å². The molecule has 1 saturated heterocycles. The zero-order valence-corrected chi connectivity index (χ0v) is 22.2. The van der Waals surface area contributed by atoms with Gasteiger partial charge in [-0.25, -0.2) is 4.98 Å². The van der Waals surface area contributed by atoms with Gasteiger partial charge in [0, 0.05) is 59.4 Å². The molecule has 5 heteroatoms. The molecule has 0 radical (unpaired) electrons. The van der Waals surface area contributed by atoms with E-state index in [1.807, 2.05) is 30.6 Å². The molecule has 0 bridgehead atoms.